The fourth-order valence-corrected chi connectivity index (χ4v) is 5.30. The Hall–Kier alpha value is -4.29. The summed E-state index contributed by atoms with van der Waals surface area (Å²) in [6, 6.07) is 15.4. The number of piperazine rings is 1. The quantitative estimate of drug-likeness (QED) is 0.348. The van der Waals surface area contributed by atoms with Crippen LogP contribution in [0.4, 0.5) is 20.3 Å². The zero-order valence-electron chi connectivity index (χ0n) is 21.4. The Balaban J connectivity index is 1.54. The predicted molar refractivity (Wildman–Crippen MR) is 143 cm³/mol. The summed E-state index contributed by atoms with van der Waals surface area (Å²) < 4.78 is 34.9. The smallest absolute Gasteiger partial charge is 0.270 e. The van der Waals surface area contributed by atoms with Crippen LogP contribution in [0.25, 0.3) is 15.9 Å². The lowest BCUT2D eigenvalue weighted by Crippen LogP contribution is -2.53. The van der Waals surface area contributed by atoms with Gasteiger partial charge in [-0.05, 0) is 42.8 Å². The van der Waals surface area contributed by atoms with Gasteiger partial charge in [0.05, 0.1) is 24.4 Å². The molecule has 0 radical (unpaired) electrons. The second-order valence-corrected chi connectivity index (χ2v) is 9.45. The molecule has 1 saturated heterocycles. The van der Waals surface area contributed by atoms with Gasteiger partial charge in [0.15, 0.2) is 0 Å². The third-order valence-electron chi connectivity index (χ3n) is 7.18. The molecule has 38 heavy (non-hydrogen) atoms. The summed E-state index contributed by atoms with van der Waals surface area (Å²) in [5.74, 6) is -0.0441. The van der Waals surface area contributed by atoms with E-state index < -0.39 is 5.82 Å². The van der Waals surface area contributed by atoms with Crippen molar-refractivity contribution in [1.82, 2.24) is 14.5 Å². The first-order valence-electron chi connectivity index (χ1n) is 12.3. The molecule has 0 N–H and O–H groups in total. The Bertz CT molecular complexity index is 1600. The molecule has 9 heteroatoms. The van der Waals surface area contributed by atoms with Crippen molar-refractivity contribution in [3.05, 3.63) is 105 Å². The van der Waals surface area contributed by atoms with Gasteiger partial charge >= 0.3 is 0 Å². The first-order valence-corrected chi connectivity index (χ1v) is 12.3. The zero-order chi connectivity index (χ0) is 27.0. The molecule has 194 valence electrons. The van der Waals surface area contributed by atoms with Gasteiger partial charge in [0.25, 0.3) is 11.4 Å². The van der Waals surface area contributed by atoms with Crippen LogP contribution in [-0.2, 0) is 7.05 Å². The lowest BCUT2D eigenvalue weighted by molar-refractivity contribution is 0.185. The SMILES string of the molecule is [C-]#[N+]c1ccc2c(n1)c(N1CCN(C(c3ccc(F)cc3)c3ccc(F)cc3OC)C[C@@H]1C)cc(=O)n2C. The largest absolute Gasteiger partial charge is 0.496 e. The highest BCUT2D eigenvalue weighted by Crippen LogP contribution is 2.38. The van der Waals surface area contributed by atoms with Crippen LogP contribution in [0, 0.1) is 18.2 Å². The Morgan fingerprint density at radius 3 is 2.47 bits per heavy atom. The van der Waals surface area contributed by atoms with Crippen molar-refractivity contribution < 1.29 is 13.5 Å². The van der Waals surface area contributed by atoms with E-state index in [0.29, 0.717) is 42.1 Å². The molecule has 4 aromatic rings. The van der Waals surface area contributed by atoms with Crippen molar-refractivity contribution >= 4 is 22.5 Å². The highest BCUT2D eigenvalue weighted by Gasteiger charge is 2.33. The topological polar surface area (TPSA) is 55.0 Å². The maximum absolute atomic E-state index is 14.0. The Labute approximate surface area is 219 Å². The number of hydrogen-bond acceptors (Lipinski definition) is 5. The molecule has 0 spiro atoms. The van der Waals surface area contributed by atoms with Gasteiger partial charge in [-0.25, -0.2) is 8.78 Å². The fraction of sp³-hybridized carbons (Fsp3) is 0.276. The summed E-state index contributed by atoms with van der Waals surface area (Å²) >= 11 is 0. The molecule has 1 unspecified atom stereocenters. The van der Waals surface area contributed by atoms with Crippen LogP contribution in [0.2, 0.25) is 0 Å². The summed E-state index contributed by atoms with van der Waals surface area (Å²) in [6.07, 6.45) is 0. The summed E-state index contributed by atoms with van der Waals surface area (Å²) in [6.45, 7) is 11.2. The molecule has 0 aliphatic carbocycles. The number of fused-ring (bicyclic) bond motifs is 1. The Kier molecular flexibility index (Phi) is 6.83. The number of aryl methyl sites for hydroxylation is 1. The average Bonchev–Trinajstić information content (AvgIpc) is 2.92. The number of hydrogen-bond donors (Lipinski definition) is 0. The van der Waals surface area contributed by atoms with Gasteiger partial charge in [0, 0.05) is 50.4 Å². The fourth-order valence-electron chi connectivity index (χ4n) is 5.30. The number of halogens is 2. The minimum atomic E-state index is -0.398. The van der Waals surface area contributed by atoms with E-state index in [2.05, 4.69) is 26.6 Å². The molecule has 0 amide bonds. The molecule has 0 saturated carbocycles. The van der Waals surface area contributed by atoms with Gasteiger partial charge in [-0.2, -0.15) is 0 Å². The van der Waals surface area contributed by atoms with E-state index in [-0.39, 0.29) is 29.3 Å². The molecular weight excluding hydrogens is 488 g/mol. The van der Waals surface area contributed by atoms with Crippen molar-refractivity contribution in [2.45, 2.75) is 19.0 Å². The van der Waals surface area contributed by atoms with Crippen LogP contribution in [0.1, 0.15) is 24.1 Å². The van der Waals surface area contributed by atoms with E-state index in [1.807, 2.05) is 0 Å². The molecule has 2 atom stereocenters. The lowest BCUT2D eigenvalue weighted by atomic mass is 9.94. The minimum Gasteiger partial charge on any atom is -0.496 e. The van der Waals surface area contributed by atoms with Crippen molar-refractivity contribution in [2.75, 3.05) is 31.6 Å². The number of ether oxygens (including phenoxy) is 1. The van der Waals surface area contributed by atoms with Crippen LogP contribution < -0.4 is 15.2 Å². The maximum atomic E-state index is 14.0. The van der Waals surface area contributed by atoms with Crippen molar-refractivity contribution in [1.29, 1.82) is 0 Å². The Morgan fingerprint density at radius 2 is 1.79 bits per heavy atom. The maximum Gasteiger partial charge on any atom is 0.270 e. The molecule has 7 nitrogen and oxygen atoms in total. The number of nitrogens with zero attached hydrogens (tertiary/aromatic N) is 5. The molecule has 1 aliphatic rings. The second kappa shape index (κ2) is 10.2. The van der Waals surface area contributed by atoms with E-state index in [4.69, 9.17) is 11.3 Å². The van der Waals surface area contributed by atoms with E-state index in [1.165, 1.54) is 35.9 Å². The zero-order valence-corrected chi connectivity index (χ0v) is 21.4. The average molecular weight is 516 g/mol. The normalized spacial score (nSPS) is 16.8. The number of anilines is 1. The number of rotatable bonds is 5. The molecule has 3 heterocycles. The molecule has 5 rings (SSSR count). The lowest BCUT2D eigenvalue weighted by Gasteiger charge is -2.44. The summed E-state index contributed by atoms with van der Waals surface area (Å²) in [5.41, 5.74) is 3.45. The van der Waals surface area contributed by atoms with Gasteiger partial charge in [-0.3, -0.25) is 9.69 Å². The molecule has 2 aromatic carbocycles. The van der Waals surface area contributed by atoms with Gasteiger partial charge in [-0.15, -0.1) is 4.98 Å². The van der Waals surface area contributed by atoms with Gasteiger partial charge in [0.1, 0.15) is 17.4 Å². The highest BCUT2D eigenvalue weighted by molar-refractivity contribution is 5.89. The van der Waals surface area contributed by atoms with Crippen molar-refractivity contribution in [3.63, 3.8) is 0 Å². The molecule has 1 fully saturated rings. The van der Waals surface area contributed by atoms with E-state index in [9.17, 15) is 13.6 Å². The van der Waals surface area contributed by atoms with Gasteiger partial charge in [-0.1, -0.05) is 24.8 Å². The second-order valence-electron chi connectivity index (χ2n) is 9.45. The molecular formula is C29H27F2N5O2. The van der Waals surface area contributed by atoms with Crippen molar-refractivity contribution in [3.8, 4) is 5.75 Å². The summed E-state index contributed by atoms with van der Waals surface area (Å²) in [4.78, 5) is 25.2. The van der Waals surface area contributed by atoms with E-state index in [1.54, 1.807) is 43.4 Å². The monoisotopic (exact) mass is 515 g/mol. The molecule has 1 aliphatic heterocycles. The third kappa shape index (κ3) is 4.59. The first kappa shape index (κ1) is 25.4. The number of benzene rings is 2. The first-order chi connectivity index (χ1) is 18.3. The standard InChI is InChI=1S/C29H27F2N5O2/c1-18-17-35(29(19-5-7-20(30)8-6-19)22-10-9-21(31)15-25(22)38-4)13-14-36(18)24-16-27(37)34(3)23-11-12-26(32-2)33-28(23)24/h5-12,15-16,18,29H,13-14,17H2,1,3-4H3/t18-,29?/m0/s1. The summed E-state index contributed by atoms with van der Waals surface area (Å²) in [7, 11) is 3.20. The van der Waals surface area contributed by atoms with Crippen LogP contribution in [0.15, 0.2) is 65.5 Å². The summed E-state index contributed by atoms with van der Waals surface area (Å²) in [5, 5.41) is 0. The van der Waals surface area contributed by atoms with Crippen LogP contribution >= 0.6 is 0 Å². The number of aromatic nitrogens is 2. The number of pyridine rings is 2. The van der Waals surface area contributed by atoms with Crippen LogP contribution in [0.5, 0.6) is 5.75 Å². The minimum absolute atomic E-state index is 0.0353. The predicted octanol–water partition coefficient (Wildman–Crippen LogP) is 5.07. The van der Waals surface area contributed by atoms with E-state index in [0.717, 1.165) is 11.1 Å². The van der Waals surface area contributed by atoms with Crippen molar-refractivity contribution in [2.24, 2.45) is 7.05 Å². The van der Waals surface area contributed by atoms with E-state index >= 15 is 0 Å². The molecule has 0 bridgehead atoms. The number of methoxy groups -OCH3 is 1. The highest BCUT2D eigenvalue weighted by atomic mass is 19.1. The van der Waals surface area contributed by atoms with Crippen LogP contribution in [-0.4, -0.2) is 47.2 Å². The van der Waals surface area contributed by atoms with Gasteiger partial charge < -0.3 is 19.0 Å². The third-order valence-corrected chi connectivity index (χ3v) is 7.18. The van der Waals surface area contributed by atoms with Crippen LogP contribution in [0.3, 0.4) is 0 Å². The van der Waals surface area contributed by atoms with Gasteiger partial charge in [0.2, 0.25) is 5.52 Å². The Morgan fingerprint density at radius 1 is 1.05 bits per heavy atom. The molecule has 2 aromatic heterocycles.